The maximum Gasteiger partial charge on any atom is 0.252 e. The van der Waals surface area contributed by atoms with Crippen molar-refractivity contribution in [2.45, 2.75) is 47.2 Å². The molecule has 0 aliphatic rings. The molecule has 0 radical (unpaired) electrons. The number of nitrogens with two attached hydrogens (primary N) is 2. The normalized spacial score (nSPS) is 10.2. The maximum atomic E-state index is 11.7. The van der Waals surface area contributed by atoms with Crippen LogP contribution in [0.1, 0.15) is 52.2 Å². The molecule has 0 unspecified atom stereocenters. The molecular formula is C29H36N4O2. The Morgan fingerprint density at radius 3 is 1.71 bits per heavy atom. The van der Waals surface area contributed by atoms with Gasteiger partial charge in [0.15, 0.2) is 0 Å². The van der Waals surface area contributed by atoms with E-state index in [1.54, 1.807) is 0 Å². The zero-order valence-electron chi connectivity index (χ0n) is 19.7. The third-order valence-corrected chi connectivity index (χ3v) is 5.66. The fourth-order valence-electron chi connectivity index (χ4n) is 3.93. The van der Waals surface area contributed by atoms with E-state index in [9.17, 15) is 9.59 Å². The molecule has 0 aliphatic carbocycles. The Balaban J connectivity index is 0.000000240. The van der Waals surface area contributed by atoms with Gasteiger partial charge in [0, 0.05) is 42.0 Å². The molecule has 2 heterocycles. The third kappa shape index (κ3) is 7.64. The highest BCUT2D eigenvalue weighted by molar-refractivity contribution is 5.32. The van der Waals surface area contributed by atoms with E-state index in [4.69, 9.17) is 11.5 Å². The van der Waals surface area contributed by atoms with E-state index in [1.807, 2.05) is 74.5 Å². The highest BCUT2D eigenvalue weighted by Gasteiger charge is 2.07. The lowest BCUT2D eigenvalue weighted by Gasteiger charge is -2.08. The molecule has 0 saturated heterocycles. The van der Waals surface area contributed by atoms with Crippen molar-refractivity contribution in [3.8, 4) is 0 Å². The van der Waals surface area contributed by atoms with Gasteiger partial charge in [0.05, 0.1) is 0 Å². The van der Waals surface area contributed by atoms with Gasteiger partial charge in [0.1, 0.15) is 0 Å². The summed E-state index contributed by atoms with van der Waals surface area (Å²) in [5.74, 6) is 0. The van der Waals surface area contributed by atoms with Gasteiger partial charge in [-0.2, -0.15) is 0 Å². The number of pyridine rings is 2. The topological polar surface area (TPSA) is 118 Å². The molecule has 0 bridgehead atoms. The fourth-order valence-corrected chi connectivity index (χ4v) is 3.93. The predicted molar refractivity (Wildman–Crippen MR) is 145 cm³/mol. The van der Waals surface area contributed by atoms with Crippen LogP contribution in [0.25, 0.3) is 0 Å². The molecule has 0 spiro atoms. The van der Waals surface area contributed by atoms with Crippen LogP contribution in [0.4, 0.5) is 0 Å². The molecule has 6 nitrogen and oxygen atoms in total. The highest BCUT2D eigenvalue weighted by Crippen LogP contribution is 2.12. The second-order valence-corrected chi connectivity index (χ2v) is 8.30. The number of nitrogens with one attached hydrogen (secondary N) is 2. The monoisotopic (exact) mass is 472 g/mol. The summed E-state index contributed by atoms with van der Waals surface area (Å²) >= 11 is 0. The summed E-state index contributed by atoms with van der Waals surface area (Å²) in [5, 5.41) is 0. The molecule has 0 atom stereocenters. The molecule has 2 aromatic carbocycles. The number of hydrogen-bond acceptors (Lipinski definition) is 4. The first-order valence-electron chi connectivity index (χ1n) is 11.3. The van der Waals surface area contributed by atoms with Crippen molar-refractivity contribution in [1.82, 2.24) is 9.97 Å². The number of aromatic amines is 2. The Bertz CT molecular complexity index is 1320. The van der Waals surface area contributed by atoms with Crippen molar-refractivity contribution >= 4 is 0 Å². The first-order chi connectivity index (χ1) is 16.4. The molecule has 4 rings (SSSR count). The summed E-state index contributed by atoms with van der Waals surface area (Å²) in [7, 11) is 0. The zero-order chi connectivity index (χ0) is 24.5. The van der Waals surface area contributed by atoms with Gasteiger partial charge < -0.3 is 21.4 Å². The van der Waals surface area contributed by atoms with Gasteiger partial charge >= 0.3 is 0 Å². The third-order valence-electron chi connectivity index (χ3n) is 5.66. The van der Waals surface area contributed by atoms with E-state index in [0.29, 0.717) is 11.1 Å². The summed E-state index contributed by atoms with van der Waals surface area (Å²) in [5.41, 5.74) is 18.5. The van der Waals surface area contributed by atoms with E-state index in [2.05, 4.69) is 22.1 Å². The van der Waals surface area contributed by atoms with Crippen LogP contribution in [0.2, 0.25) is 0 Å². The van der Waals surface area contributed by atoms with Crippen LogP contribution >= 0.6 is 0 Å². The molecule has 0 fully saturated rings. The highest BCUT2D eigenvalue weighted by atomic mass is 16.1. The average molecular weight is 473 g/mol. The molecule has 0 aliphatic heterocycles. The maximum absolute atomic E-state index is 11.7. The van der Waals surface area contributed by atoms with Crippen molar-refractivity contribution in [3.63, 3.8) is 0 Å². The van der Waals surface area contributed by atoms with Crippen LogP contribution < -0.4 is 22.6 Å². The van der Waals surface area contributed by atoms with Gasteiger partial charge in [-0.05, 0) is 54.7 Å². The Hall–Kier alpha value is -3.74. The quantitative estimate of drug-likeness (QED) is 0.338. The van der Waals surface area contributed by atoms with Gasteiger partial charge in [-0.15, -0.1) is 0 Å². The van der Waals surface area contributed by atoms with E-state index < -0.39 is 0 Å². The number of hydrogen-bond donors (Lipinski definition) is 4. The second-order valence-electron chi connectivity index (χ2n) is 8.30. The van der Waals surface area contributed by atoms with Crippen LogP contribution in [-0.4, -0.2) is 9.97 Å². The van der Waals surface area contributed by atoms with E-state index >= 15 is 0 Å². The molecule has 0 amide bonds. The predicted octanol–water partition coefficient (Wildman–Crippen LogP) is 4.10. The van der Waals surface area contributed by atoms with Crippen LogP contribution in [0.3, 0.4) is 0 Å². The number of rotatable bonds is 6. The molecular weight excluding hydrogens is 436 g/mol. The van der Waals surface area contributed by atoms with E-state index in [1.165, 1.54) is 11.1 Å². The first kappa shape index (κ1) is 27.5. The van der Waals surface area contributed by atoms with Gasteiger partial charge in [-0.25, -0.2) is 0 Å². The van der Waals surface area contributed by atoms with Crippen LogP contribution in [0, 0.1) is 13.8 Å². The van der Waals surface area contributed by atoms with E-state index in [-0.39, 0.29) is 31.6 Å². The average Bonchev–Trinajstić information content (AvgIpc) is 2.80. The standard InChI is InChI=1S/2C14H16N2O.CH4/c1-10-7-12(13(9-15)14(17)16-10)8-11-5-3-2-4-6-11;1-10-7-12(16-14(17)13(10)9-15)8-11-5-3-2-4-6-11;/h2*2-7H,8-9,15H2,1H3,(H,16,17);1H4. The first-order valence-corrected chi connectivity index (χ1v) is 11.3. The van der Waals surface area contributed by atoms with Crippen LogP contribution in [-0.2, 0) is 25.9 Å². The van der Waals surface area contributed by atoms with Crippen LogP contribution in [0.5, 0.6) is 0 Å². The Labute approximate surface area is 207 Å². The van der Waals surface area contributed by atoms with Crippen molar-refractivity contribution in [2.75, 3.05) is 0 Å². The Morgan fingerprint density at radius 1 is 0.686 bits per heavy atom. The summed E-state index contributed by atoms with van der Waals surface area (Å²) in [6.07, 6.45) is 1.49. The molecule has 6 N–H and O–H groups in total. The minimum atomic E-state index is -0.0709. The largest absolute Gasteiger partial charge is 0.326 e. The minimum Gasteiger partial charge on any atom is -0.326 e. The van der Waals surface area contributed by atoms with Crippen molar-refractivity contribution in [2.24, 2.45) is 11.5 Å². The summed E-state index contributed by atoms with van der Waals surface area (Å²) in [6, 6.07) is 24.1. The number of aromatic nitrogens is 2. The van der Waals surface area contributed by atoms with Gasteiger partial charge in [0.2, 0.25) is 0 Å². The summed E-state index contributed by atoms with van der Waals surface area (Å²) in [6.45, 7) is 4.37. The van der Waals surface area contributed by atoms with Crippen LogP contribution in [0.15, 0.2) is 82.4 Å². The molecule has 6 heteroatoms. The molecule has 184 valence electrons. The number of benzene rings is 2. The molecule has 35 heavy (non-hydrogen) atoms. The zero-order valence-corrected chi connectivity index (χ0v) is 19.7. The lowest BCUT2D eigenvalue weighted by molar-refractivity contribution is 0.952. The molecule has 0 saturated carbocycles. The van der Waals surface area contributed by atoms with Crippen molar-refractivity contribution in [3.05, 3.63) is 138 Å². The molecule has 4 aromatic rings. The smallest absolute Gasteiger partial charge is 0.252 e. The van der Waals surface area contributed by atoms with Gasteiger partial charge in [-0.3, -0.25) is 9.59 Å². The van der Waals surface area contributed by atoms with E-state index in [0.717, 1.165) is 35.4 Å². The molecule has 2 aromatic heterocycles. The lowest BCUT2D eigenvalue weighted by atomic mass is 10.0. The Kier molecular flexibility index (Phi) is 10.4. The fraction of sp³-hybridized carbons (Fsp3) is 0.241. The lowest BCUT2D eigenvalue weighted by Crippen LogP contribution is -2.20. The van der Waals surface area contributed by atoms with Gasteiger partial charge in [-0.1, -0.05) is 68.1 Å². The van der Waals surface area contributed by atoms with Gasteiger partial charge in [0.25, 0.3) is 11.1 Å². The van der Waals surface area contributed by atoms with Crippen molar-refractivity contribution < 1.29 is 0 Å². The summed E-state index contributed by atoms with van der Waals surface area (Å²) in [4.78, 5) is 29.2. The SMILES string of the molecule is C.Cc1cc(Cc2ccccc2)[nH]c(=O)c1CN.Cc1cc(Cc2ccccc2)c(CN)c(=O)[nH]1. The summed E-state index contributed by atoms with van der Waals surface area (Å²) < 4.78 is 0. The second kappa shape index (κ2) is 13.2. The minimum absolute atomic E-state index is 0. The Morgan fingerprint density at radius 2 is 1.20 bits per heavy atom. The number of aryl methyl sites for hydroxylation is 2. The number of H-pyrrole nitrogens is 2. The van der Waals surface area contributed by atoms with Crippen molar-refractivity contribution in [1.29, 1.82) is 0 Å².